The fourth-order valence-corrected chi connectivity index (χ4v) is 22.0. The molecule has 13 aromatic rings. The highest BCUT2D eigenvalue weighted by Gasteiger charge is 2.38. The van der Waals surface area contributed by atoms with Crippen molar-refractivity contribution in [1.29, 1.82) is 0 Å². The molecular weight excluding hydrogens is 1610 g/mol. The Kier molecular flexibility index (Phi) is 24.2. The van der Waals surface area contributed by atoms with Gasteiger partial charge in [-0.15, -0.1) is 0 Å². The van der Waals surface area contributed by atoms with Crippen LogP contribution in [0.4, 0.5) is 23.9 Å². The fraction of sp³-hybridized carbons (Fsp3) is 0.405. The Balaban J connectivity index is 0.000000130. The molecule has 0 radical (unpaired) electrons. The van der Waals surface area contributed by atoms with Crippen molar-refractivity contribution in [1.82, 2.24) is 79.4 Å². The number of imidazole rings is 4. The van der Waals surface area contributed by atoms with Crippen LogP contribution in [-0.4, -0.2) is 137 Å². The number of carbonyl (C=O) groups is 1. The summed E-state index contributed by atoms with van der Waals surface area (Å²) in [7, 11) is -14.2. The number of carbonyl (C=O) groups excluding carboxylic acids is 1. The lowest BCUT2D eigenvalue weighted by atomic mass is 10.0. The number of amides is 1. The number of aryl methyl sites for hydroxylation is 8. The van der Waals surface area contributed by atoms with Crippen LogP contribution in [0.5, 0.6) is 0 Å². The summed E-state index contributed by atoms with van der Waals surface area (Å²) in [6.07, 6.45) is 9.51. The van der Waals surface area contributed by atoms with Crippen molar-refractivity contribution in [2.75, 3.05) is 12.4 Å². The number of alkyl halides is 3. The second kappa shape index (κ2) is 34.1. The van der Waals surface area contributed by atoms with Gasteiger partial charge in [-0.25, -0.2) is 77.3 Å². The van der Waals surface area contributed by atoms with Gasteiger partial charge in [-0.1, -0.05) is 102 Å². The van der Waals surface area contributed by atoms with Gasteiger partial charge in [0, 0.05) is 52.8 Å². The molecule has 4 saturated carbocycles. The molecule has 0 saturated heterocycles. The molecule has 10 N–H and O–H groups in total. The van der Waals surface area contributed by atoms with E-state index in [9.17, 15) is 56.7 Å². The maximum Gasteiger partial charge on any atom is 0.449 e. The molecule has 32 nitrogen and oxygen atoms in total. The van der Waals surface area contributed by atoms with Crippen LogP contribution >= 0.6 is 0 Å². The van der Waals surface area contributed by atoms with E-state index < -0.39 is 58.2 Å². The number of aromatic nitrogens is 12. The Labute approximate surface area is 677 Å². The summed E-state index contributed by atoms with van der Waals surface area (Å²) in [6.45, 7) is 13.9. The third-order valence-electron chi connectivity index (χ3n) is 21.5. The molecule has 5 aromatic carbocycles. The Morgan fingerprint density at radius 3 is 1.06 bits per heavy atom. The van der Waals surface area contributed by atoms with Crippen molar-refractivity contribution < 1.29 is 79.6 Å². The summed E-state index contributed by atoms with van der Waals surface area (Å²) in [5.74, 6) is 2.15. The van der Waals surface area contributed by atoms with Gasteiger partial charge in [-0.05, 0) is 183 Å². The maximum absolute atomic E-state index is 13.5. The van der Waals surface area contributed by atoms with E-state index in [1.54, 1.807) is 58.9 Å². The van der Waals surface area contributed by atoms with Crippen molar-refractivity contribution in [3.8, 4) is 44.5 Å². The number of sulfonamides is 4. The summed E-state index contributed by atoms with van der Waals surface area (Å²) in [5, 5.41) is 27.7. The molecule has 4 aliphatic rings. The van der Waals surface area contributed by atoms with Crippen LogP contribution < -0.4 is 24.2 Å². The number of aromatic amines is 4. The van der Waals surface area contributed by atoms with Crippen LogP contribution in [0.1, 0.15) is 172 Å². The van der Waals surface area contributed by atoms with Gasteiger partial charge in [0.25, 0.3) is 0 Å². The first-order valence-corrected chi connectivity index (χ1v) is 44.6. The summed E-state index contributed by atoms with van der Waals surface area (Å²) in [4.78, 5) is 39.9. The largest absolute Gasteiger partial charge is 0.453 e. The van der Waals surface area contributed by atoms with Gasteiger partial charge in [0.2, 0.25) is 51.9 Å². The average molecular weight is 1700 g/mol. The quantitative estimate of drug-likeness (QED) is 0.0339. The highest BCUT2D eigenvalue weighted by Crippen LogP contribution is 2.41. The zero-order valence-corrected chi connectivity index (χ0v) is 69.3. The number of H-pyrrole nitrogens is 4. The molecule has 0 bridgehead atoms. The van der Waals surface area contributed by atoms with E-state index >= 15 is 0 Å². The number of anilines is 1. The lowest BCUT2D eigenvalue weighted by Crippen LogP contribution is -2.32. The van der Waals surface area contributed by atoms with Crippen molar-refractivity contribution in [3.05, 3.63) is 148 Å². The van der Waals surface area contributed by atoms with Gasteiger partial charge in [0.05, 0.1) is 52.0 Å². The number of nitrogens with one attached hydrogen (secondary N) is 9. The van der Waals surface area contributed by atoms with Crippen molar-refractivity contribution in [2.45, 2.75) is 221 Å². The molecule has 8 aromatic heterocycles. The number of ether oxygens (including phenoxy) is 1. The van der Waals surface area contributed by atoms with Gasteiger partial charge >= 0.3 is 12.3 Å². The molecule has 8 heterocycles. The standard InChI is InChI=1S/C24H26N4O3S.C19H23N5O5S.C18H19F3N4O3S.C18H22N4O4S/c1-15-23(16(2)31-27-15)18-13-20-24(26-22(25-20)12-17-8-4-3-5-9-17)21(14-18)32(29,30)28-19-10-6-7-11-19;1-10-16(11(2)29-23-10)12-8-14-17(21-18(20-14)22-19(25)28-3)15(9-12)30(26,27)24-13-6-4-5-7-13;1-9-15(10(2)28-24-9)11-7-13-16(23-17(22-13)18(19,20)21)14(8-11)29(26,27)25-12-5-3-4-6-12;1-10-17(11(2)26-21-10)12-7-14-18(20-16(9-23)19-14)15(8-12)27(24,25)22-13-5-3-4-6-13/h3-5,8-9,13-14,19,28H,6-7,10-12H2,1-2H3,(H,25,26);8-9,13,24H,4-7H2,1-3H3,(H2,20,21,22,25);7-8,12,25H,3-6H2,1-2H3,(H,22,23);7-8,13,22-23H,3-6,9H2,1-2H3,(H,19,20). The zero-order chi connectivity index (χ0) is 83.9. The van der Waals surface area contributed by atoms with Gasteiger partial charge in [-0.3, -0.25) is 5.32 Å². The van der Waals surface area contributed by atoms with Gasteiger partial charge in [-0.2, -0.15) is 13.2 Å². The SMILES string of the molecule is COC(=O)Nc1nc2c(S(=O)(=O)NC3CCCC3)cc(-c3c(C)noc3C)cc2[nH]1.Cc1noc(C)c1-c1cc(S(=O)(=O)NC2CCCC2)c2nc(C(F)(F)F)[nH]c2c1.Cc1noc(C)c1-c1cc(S(=O)(=O)NC2CCCC2)c2nc(CO)[nH]c2c1.Cc1noc(C)c1-c1cc(S(=O)(=O)NC2CCCC2)c2nc(Cc3ccccc3)[nH]c2c1. The molecule has 0 atom stereocenters. The van der Waals surface area contributed by atoms with Crippen LogP contribution in [0.25, 0.3) is 88.6 Å². The van der Waals surface area contributed by atoms with E-state index in [2.05, 4.69) is 84.5 Å². The monoisotopic (exact) mass is 1700 g/mol. The molecule has 0 unspecified atom stereocenters. The maximum atomic E-state index is 13.5. The first kappa shape index (κ1) is 84.0. The number of benzene rings is 5. The second-order valence-electron chi connectivity index (χ2n) is 30.2. The Hall–Kier alpha value is -10.5. The van der Waals surface area contributed by atoms with E-state index in [1.807, 2.05) is 63.2 Å². The molecule has 118 heavy (non-hydrogen) atoms. The fourth-order valence-electron chi connectivity index (χ4n) is 16.0. The highest BCUT2D eigenvalue weighted by atomic mass is 32.2. The number of nitrogens with zero attached hydrogens (tertiary/aromatic N) is 8. The second-order valence-corrected chi connectivity index (χ2v) is 36.9. The van der Waals surface area contributed by atoms with Crippen LogP contribution in [-0.2, 0) is 64.0 Å². The van der Waals surface area contributed by atoms with Crippen LogP contribution in [0.2, 0.25) is 0 Å². The smallest absolute Gasteiger partial charge is 0.449 e. The predicted octanol–water partition coefficient (Wildman–Crippen LogP) is 14.5. The molecule has 39 heteroatoms. The van der Waals surface area contributed by atoms with Gasteiger partial charge < -0.3 is 47.9 Å². The Morgan fingerprint density at radius 1 is 0.441 bits per heavy atom. The van der Waals surface area contributed by atoms with E-state index in [1.165, 1.54) is 19.2 Å². The number of aliphatic hydroxyl groups excluding tert-OH is 1. The van der Waals surface area contributed by atoms with Crippen LogP contribution in [0.3, 0.4) is 0 Å². The Morgan fingerprint density at radius 2 is 0.746 bits per heavy atom. The molecule has 626 valence electrons. The summed E-state index contributed by atoms with van der Waals surface area (Å²) < 4.78 is 182. The number of rotatable bonds is 20. The third kappa shape index (κ3) is 18.2. The van der Waals surface area contributed by atoms with Crippen LogP contribution in [0.15, 0.2) is 117 Å². The number of halogens is 3. The van der Waals surface area contributed by atoms with Crippen molar-refractivity contribution >= 4 is 96.3 Å². The molecule has 0 aliphatic heterocycles. The number of fused-ring (bicyclic) bond motifs is 4. The van der Waals surface area contributed by atoms with E-state index in [0.717, 1.165) is 124 Å². The summed E-state index contributed by atoms with van der Waals surface area (Å²) in [6, 6.07) is 22.7. The molecule has 0 spiro atoms. The summed E-state index contributed by atoms with van der Waals surface area (Å²) in [5.41, 5.74) is 11.3. The minimum Gasteiger partial charge on any atom is -0.453 e. The minimum absolute atomic E-state index is 0.0241. The van der Waals surface area contributed by atoms with Crippen molar-refractivity contribution in [2.24, 2.45) is 0 Å². The first-order valence-electron chi connectivity index (χ1n) is 38.7. The molecule has 1 amide bonds. The average Bonchev–Trinajstić information content (AvgIpc) is 1.59. The van der Waals surface area contributed by atoms with Crippen LogP contribution in [0, 0.1) is 55.4 Å². The molecule has 4 aliphatic carbocycles. The highest BCUT2D eigenvalue weighted by molar-refractivity contribution is 7.90. The van der Waals surface area contributed by atoms with Gasteiger partial charge in [0.15, 0.2) is 0 Å². The molecule has 4 fully saturated rings. The normalized spacial score (nSPS) is 15.5. The summed E-state index contributed by atoms with van der Waals surface area (Å²) >= 11 is 0. The lowest BCUT2D eigenvalue weighted by molar-refractivity contribution is -0.144. The van der Waals surface area contributed by atoms with E-state index in [0.29, 0.717) is 121 Å². The zero-order valence-electron chi connectivity index (χ0n) is 66.1. The third-order valence-corrected chi connectivity index (χ3v) is 27.6. The van der Waals surface area contributed by atoms with E-state index in [-0.39, 0.29) is 72.9 Å². The predicted molar refractivity (Wildman–Crippen MR) is 431 cm³/mol. The van der Waals surface area contributed by atoms with E-state index in [4.69, 9.17) is 23.1 Å². The first-order chi connectivity index (χ1) is 56.1. The lowest BCUT2D eigenvalue weighted by Gasteiger charge is -2.14. The number of methoxy groups -OCH3 is 1. The molecular formula is C79H90F3N17O15S4. The minimum atomic E-state index is -4.73. The van der Waals surface area contributed by atoms with Gasteiger partial charge in [0.1, 0.15) is 82.9 Å². The number of hydrogen-bond donors (Lipinski definition) is 10. The number of hydrogen-bond acceptors (Lipinski definition) is 23. The number of aliphatic hydroxyl groups is 1. The van der Waals surface area contributed by atoms with Crippen molar-refractivity contribution in [3.63, 3.8) is 0 Å². The molecule has 17 rings (SSSR count). The topological polar surface area (TPSA) is 462 Å². The Bertz CT molecular complexity index is 6300.